The minimum absolute atomic E-state index is 0.0834. The van der Waals surface area contributed by atoms with Gasteiger partial charge in [-0.05, 0) is 43.7 Å². The number of para-hydroxylation sites is 1. The van der Waals surface area contributed by atoms with Crippen molar-refractivity contribution in [3.05, 3.63) is 127 Å². The Morgan fingerprint density at radius 2 is 1.46 bits per heavy atom. The van der Waals surface area contributed by atoms with E-state index in [0.29, 0.717) is 22.7 Å². The Kier molecular flexibility index (Phi) is 8.06. The average molecular weight is 525 g/mol. The van der Waals surface area contributed by atoms with Crippen LogP contribution in [0.25, 0.3) is 0 Å². The number of aliphatic imine (C=N–C) groups is 2. The molecule has 196 valence electrons. The Balaban J connectivity index is 1.65. The van der Waals surface area contributed by atoms with E-state index in [1.807, 2.05) is 56.3 Å². The van der Waals surface area contributed by atoms with Crippen LogP contribution in [0.1, 0.15) is 27.8 Å². The van der Waals surface area contributed by atoms with Gasteiger partial charge in [0.05, 0.1) is 21.2 Å². The van der Waals surface area contributed by atoms with E-state index >= 15 is 0 Å². The number of hydrogen-bond donors (Lipinski definition) is 1. The van der Waals surface area contributed by atoms with Crippen LogP contribution >= 0.6 is 0 Å². The fourth-order valence-corrected chi connectivity index (χ4v) is 3.93. The van der Waals surface area contributed by atoms with Crippen LogP contribution < -0.4 is 4.74 Å². The van der Waals surface area contributed by atoms with E-state index in [1.165, 1.54) is 48.8 Å². The second-order valence-electron chi connectivity index (χ2n) is 8.71. The summed E-state index contributed by atoms with van der Waals surface area (Å²) >= 11 is 0. The summed E-state index contributed by atoms with van der Waals surface area (Å²) in [6.07, 6.45) is 2.89. The van der Waals surface area contributed by atoms with Crippen LogP contribution in [0.3, 0.4) is 0 Å². The highest BCUT2D eigenvalue weighted by atomic mass is 16.6. The zero-order chi connectivity index (χ0) is 27.9. The zero-order valence-electron chi connectivity index (χ0n) is 21.1. The van der Waals surface area contributed by atoms with E-state index in [-0.39, 0.29) is 29.3 Å². The second kappa shape index (κ2) is 11.8. The molecule has 4 rings (SSSR count). The highest BCUT2D eigenvalue weighted by Crippen LogP contribution is 2.30. The van der Waals surface area contributed by atoms with Crippen LogP contribution in [0.4, 0.5) is 22.7 Å². The van der Waals surface area contributed by atoms with Crippen LogP contribution in [0.2, 0.25) is 0 Å². The van der Waals surface area contributed by atoms with Crippen LogP contribution in [0.5, 0.6) is 11.5 Å². The lowest BCUT2D eigenvalue weighted by Gasteiger charge is -2.13. The number of ether oxygens (including phenoxy) is 1. The van der Waals surface area contributed by atoms with E-state index in [1.54, 1.807) is 0 Å². The standard InChI is InChI=1S/C29H24N4O6/c1-19-12-20(2)29(31-16-21-14-25(32(35)36)8-10-27(21)34)23(13-19)18-39-28-11-9-26(33(37)38)15-22(28)17-30-24-6-4-3-5-7-24/h3-17,34H,18H2,1-2H3. The topological polar surface area (TPSA) is 140 Å². The van der Waals surface area contributed by atoms with E-state index in [0.717, 1.165) is 16.7 Å². The van der Waals surface area contributed by atoms with Crippen molar-refractivity contribution in [1.82, 2.24) is 0 Å². The molecule has 0 spiro atoms. The molecule has 10 heteroatoms. The van der Waals surface area contributed by atoms with Gasteiger partial charge in [0.15, 0.2) is 0 Å². The van der Waals surface area contributed by atoms with Crippen molar-refractivity contribution in [1.29, 1.82) is 0 Å². The van der Waals surface area contributed by atoms with Gasteiger partial charge < -0.3 is 9.84 Å². The molecule has 0 heterocycles. The molecule has 0 radical (unpaired) electrons. The Bertz CT molecular complexity index is 1600. The van der Waals surface area contributed by atoms with Crippen molar-refractivity contribution < 1.29 is 19.7 Å². The quantitative estimate of drug-likeness (QED) is 0.143. The highest BCUT2D eigenvalue weighted by molar-refractivity contribution is 5.87. The van der Waals surface area contributed by atoms with Gasteiger partial charge >= 0.3 is 0 Å². The Morgan fingerprint density at radius 3 is 2.15 bits per heavy atom. The van der Waals surface area contributed by atoms with E-state index in [4.69, 9.17) is 4.74 Å². The van der Waals surface area contributed by atoms with Gasteiger partial charge in [-0.25, -0.2) is 0 Å². The molecule has 0 unspecified atom stereocenters. The molecule has 0 aliphatic rings. The first-order valence-corrected chi connectivity index (χ1v) is 11.8. The Hall–Kier alpha value is -5.38. The summed E-state index contributed by atoms with van der Waals surface area (Å²) < 4.78 is 6.10. The molecule has 0 amide bonds. The number of non-ortho nitro benzene ring substituents is 2. The van der Waals surface area contributed by atoms with Crippen molar-refractivity contribution in [3.8, 4) is 11.5 Å². The first-order valence-electron chi connectivity index (χ1n) is 11.8. The summed E-state index contributed by atoms with van der Waals surface area (Å²) in [4.78, 5) is 30.4. The summed E-state index contributed by atoms with van der Waals surface area (Å²) in [5, 5.41) is 32.6. The van der Waals surface area contributed by atoms with Gasteiger partial charge in [0, 0.05) is 53.4 Å². The Morgan fingerprint density at radius 1 is 0.821 bits per heavy atom. The predicted molar refractivity (Wildman–Crippen MR) is 149 cm³/mol. The van der Waals surface area contributed by atoms with Gasteiger partial charge in [0.1, 0.15) is 18.1 Å². The minimum Gasteiger partial charge on any atom is -0.507 e. The number of nitro groups is 2. The molecule has 39 heavy (non-hydrogen) atoms. The van der Waals surface area contributed by atoms with Crippen molar-refractivity contribution in [3.63, 3.8) is 0 Å². The van der Waals surface area contributed by atoms with Crippen LogP contribution in [0.15, 0.2) is 88.8 Å². The smallest absolute Gasteiger partial charge is 0.270 e. The molecule has 4 aromatic carbocycles. The van der Waals surface area contributed by atoms with E-state index < -0.39 is 9.85 Å². The fraction of sp³-hybridized carbons (Fsp3) is 0.103. The maximum absolute atomic E-state index is 11.4. The molecule has 4 aromatic rings. The third-order valence-corrected chi connectivity index (χ3v) is 5.77. The summed E-state index contributed by atoms with van der Waals surface area (Å²) in [6, 6.07) is 21.0. The van der Waals surface area contributed by atoms with Crippen molar-refractivity contribution >= 4 is 35.2 Å². The third-order valence-electron chi connectivity index (χ3n) is 5.77. The number of benzene rings is 4. The molecule has 0 fully saturated rings. The summed E-state index contributed by atoms with van der Waals surface area (Å²) in [5.41, 5.74) is 4.17. The van der Waals surface area contributed by atoms with Crippen molar-refractivity contribution in [2.75, 3.05) is 0 Å². The SMILES string of the molecule is Cc1cc(C)c(N=Cc2cc([N+](=O)[O-])ccc2O)c(COc2ccc([N+](=O)[O-])cc2C=Nc2ccccc2)c1. The normalized spacial score (nSPS) is 11.2. The van der Waals surface area contributed by atoms with Crippen LogP contribution in [0, 0.1) is 34.1 Å². The molecule has 0 aromatic heterocycles. The number of phenolic OH excluding ortho intramolecular Hbond substituents is 1. The highest BCUT2D eigenvalue weighted by Gasteiger charge is 2.14. The number of hydrogen-bond acceptors (Lipinski definition) is 8. The number of nitrogens with zero attached hydrogens (tertiary/aromatic N) is 4. The number of aromatic hydroxyl groups is 1. The second-order valence-corrected chi connectivity index (χ2v) is 8.71. The molecule has 0 bridgehead atoms. The monoisotopic (exact) mass is 524 g/mol. The molecule has 0 aliphatic heterocycles. The van der Waals surface area contributed by atoms with E-state index in [9.17, 15) is 25.3 Å². The summed E-state index contributed by atoms with van der Waals surface area (Å²) in [7, 11) is 0. The fourth-order valence-electron chi connectivity index (χ4n) is 3.93. The van der Waals surface area contributed by atoms with Gasteiger partial charge in [-0.2, -0.15) is 0 Å². The maximum atomic E-state index is 11.4. The number of rotatable bonds is 9. The van der Waals surface area contributed by atoms with Crippen LogP contribution in [-0.4, -0.2) is 27.4 Å². The molecule has 0 atom stereocenters. The first-order chi connectivity index (χ1) is 18.7. The van der Waals surface area contributed by atoms with E-state index in [2.05, 4.69) is 9.98 Å². The largest absolute Gasteiger partial charge is 0.507 e. The van der Waals surface area contributed by atoms with Gasteiger partial charge in [0.2, 0.25) is 0 Å². The lowest BCUT2D eigenvalue weighted by Crippen LogP contribution is -2.01. The summed E-state index contributed by atoms with van der Waals surface area (Å²) in [5.74, 6) is 0.255. The van der Waals surface area contributed by atoms with Crippen molar-refractivity contribution in [2.24, 2.45) is 9.98 Å². The molecule has 0 saturated heterocycles. The van der Waals surface area contributed by atoms with Crippen molar-refractivity contribution in [2.45, 2.75) is 20.5 Å². The lowest BCUT2D eigenvalue weighted by atomic mass is 10.0. The molecular weight excluding hydrogens is 500 g/mol. The maximum Gasteiger partial charge on any atom is 0.270 e. The number of phenols is 1. The molecule has 10 nitrogen and oxygen atoms in total. The molecular formula is C29H24N4O6. The van der Waals surface area contributed by atoms with Gasteiger partial charge in [-0.1, -0.05) is 35.9 Å². The number of aryl methyl sites for hydroxylation is 2. The van der Waals surface area contributed by atoms with Gasteiger partial charge in [-0.15, -0.1) is 0 Å². The third kappa shape index (κ3) is 6.69. The minimum atomic E-state index is -0.546. The zero-order valence-corrected chi connectivity index (χ0v) is 21.1. The number of nitro benzene ring substituents is 2. The summed E-state index contributed by atoms with van der Waals surface area (Å²) in [6.45, 7) is 3.89. The molecule has 1 N–H and O–H groups in total. The van der Waals surface area contributed by atoms with Gasteiger partial charge in [0.25, 0.3) is 11.4 Å². The molecule has 0 saturated carbocycles. The van der Waals surface area contributed by atoms with Crippen LogP contribution in [-0.2, 0) is 6.61 Å². The Labute approximate surface area is 223 Å². The average Bonchev–Trinajstić information content (AvgIpc) is 2.91. The van der Waals surface area contributed by atoms with Gasteiger partial charge in [-0.3, -0.25) is 30.2 Å². The first kappa shape index (κ1) is 26.7. The molecule has 0 aliphatic carbocycles. The predicted octanol–water partition coefficient (Wildman–Crippen LogP) is 6.91. The lowest BCUT2D eigenvalue weighted by molar-refractivity contribution is -0.385.